The van der Waals surface area contributed by atoms with E-state index in [1.165, 1.54) is 18.4 Å². The van der Waals surface area contributed by atoms with Crippen molar-refractivity contribution in [1.82, 2.24) is 0 Å². The number of allylic oxidation sites excluding steroid dienone is 2. The van der Waals surface area contributed by atoms with Gasteiger partial charge in [0.15, 0.2) is 11.6 Å². The van der Waals surface area contributed by atoms with Crippen LogP contribution in [0.15, 0.2) is 11.6 Å². The molecule has 4 heteroatoms. The summed E-state index contributed by atoms with van der Waals surface area (Å²) in [6, 6.07) is 0. The first-order valence-electron chi connectivity index (χ1n) is 13.0. The molecule has 2 heterocycles. The van der Waals surface area contributed by atoms with Crippen LogP contribution in [0.25, 0.3) is 0 Å². The molecule has 2 aliphatic heterocycles. The Kier molecular flexibility index (Phi) is 4.49. The minimum absolute atomic E-state index is 0.0904. The van der Waals surface area contributed by atoms with Gasteiger partial charge in [-0.1, -0.05) is 33.3 Å². The number of hydrogen-bond acceptors (Lipinski definition) is 4. The maximum Gasteiger partial charge on any atom is 0.171 e. The van der Waals surface area contributed by atoms with E-state index in [1.807, 2.05) is 0 Å². The second-order valence-electron chi connectivity index (χ2n) is 12.6. The lowest BCUT2D eigenvalue weighted by Gasteiger charge is -2.56. The Morgan fingerprint density at radius 2 is 1.87 bits per heavy atom. The maximum atomic E-state index is 13.9. The first kappa shape index (κ1) is 20.9. The van der Waals surface area contributed by atoms with Gasteiger partial charge in [-0.05, 0) is 80.1 Å². The third kappa shape index (κ3) is 2.62. The lowest BCUT2D eigenvalue weighted by molar-refractivity contribution is -0.271. The normalized spacial score (nSPS) is 58.4. The first-order valence-corrected chi connectivity index (χ1v) is 13.0. The Balaban J connectivity index is 1.34. The number of aliphatic hydroxyl groups excluding tert-OH is 1. The van der Waals surface area contributed by atoms with Crippen LogP contribution in [0.3, 0.4) is 0 Å². The van der Waals surface area contributed by atoms with E-state index in [-0.39, 0.29) is 34.9 Å². The Morgan fingerprint density at radius 1 is 1.06 bits per heavy atom. The number of ketones is 1. The van der Waals surface area contributed by atoms with Gasteiger partial charge in [-0.25, -0.2) is 0 Å². The van der Waals surface area contributed by atoms with Crippen molar-refractivity contribution in [3.05, 3.63) is 11.6 Å². The lowest BCUT2D eigenvalue weighted by Crippen LogP contribution is -2.53. The van der Waals surface area contributed by atoms with Crippen molar-refractivity contribution in [3.63, 3.8) is 0 Å². The summed E-state index contributed by atoms with van der Waals surface area (Å²) in [5, 5.41) is 10.3. The molecule has 1 spiro atoms. The van der Waals surface area contributed by atoms with Crippen LogP contribution in [-0.2, 0) is 14.3 Å². The van der Waals surface area contributed by atoms with Crippen molar-refractivity contribution < 1.29 is 19.4 Å². The van der Waals surface area contributed by atoms with Crippen LogP contribution in [0.2, 0.25) is 0 Å². The molecule has 2 saturated heterocycles. The third-order valence-corrected chi connectivity index (χ3v) is 11.2. The number of rotatable bonds is 0. The molecule has 0 amide bonds. The highest BCUT2D eigenvalue weighted by molar-refractivity contribution is 5.97. The summed E-state index contributed by atoms with van der Waals surface area (Å²) >= 11 is 0. The number of fused-ring (bicyclic) bond motifs is 7. The van der Waals surface area contributed by atoms with Crippen LogP contribution in [-0.4, -0.2) is 35.5 Å². The van der Waals surface area contributed by atoms with E-state index in [0.29, 0.717) is 29.5 Å². The average molecular weight is 429 g/mol. The average Bonchev–Trinajstić information content (AvgIpc) is 3.18. The smallest absolute Gasteiger partial charge is 0.171 e. The topological polar surface area (TPSA) is 55.8 Å². The van der Waals surface area contributed by atoms with E-state index in [9.17, 15) is 9.90 Å². The molecule has 0 aromatic heterocycles. The Bertz CT molecular complexity index is 810. The fourth-order valence-electron chi connectivity index (χ4n) is 9.28. The van der Waals surface area contributed by atoms with Gasteiger partial charge in [0.25, 0.3) is 0 Å². The molecule has 6 rings (SSSR count). The molecule has 4 aliphatic carbocycles. The summed E-state index contributed by atoms with van der Waals surface area (Å²) in [6.07, 6.45) is 10.3. The standard InChI is InChI=1S/C27H40O4/c1-15-7-10-27(30-14-15)16(2)24-22(31-27)12-21-19-6-5-17-11-18(28)8-9-25(17,3)20(19)13-23(29)26(21,24)4/h13,15-19,21-22,24,28H,5-12,14H2,1-4H3/t15-,16+,17+,18+,19-,21?,22+,24?,25+,26-,27-/m1/s1. The van der Waals surface area contributed by atoms with E-state index in [0.717, 1.165) is 45.1 Å². The van der Waals surface area contributed by atoms with Gasteiger partial charge in [-0.3, -0.25) is 4.79 Å². The molecule has 11 atom stereocenters. The van der Waals surface area contributed by atoms with Crippen LogP contribution < -0.4 is 0 Å². The quantitative estimate of drug-likeness (QED) is 0.597. The van der Waals surface area contributed by atoms with Crippen LogP contribution in [0.5, 0.6) is 0 Å². The molecule has 6 aliphatic rings. The number of aliphatic hydroxyl groups is 1. The van der Waals surface area contributed by atoms with Gasteiger partial charge in [0.05, 0.1) is 18.8 Å². The molecule has 31 heavy (non-hydrogen) atoms. The molecule has 0 aromatic carbocycles. The van der Waals surface area contributed by atoms with Crippen molar-refractivity contribution in [2.45, 2.75) is 97.1 Å². The number of carbonyl (C=O) groups excluding carboxylic acids is 1. The molecular formula is C27H40O4. The Hall–Kier alpha value is -0.710. The summed E-state index contributed by atoms with van der Waals surface area (Å²) in [4.78, 5) is 13.9. The molecule has 1 N–H and O–H groups in total. The molecule has 0 aromatic rings. The van der Waals surface area contributed by atoms with Gasteiger partial charge in [-0.15, -0.1) is 0 Å². The van der Waals surface area contributed by atoms with E-state index in [1.54, 1.807) is 0 Å². The zero-order valence-corrected chi connectivity index (χ0v) is 19.7. The zero-order chi connectivity index (χ0) is 21.8. The molecular weight excluding hydrogens is 388 g/mol. The van der Waals surface area contributed by atoms with Crippen molar-refractivity contribution in [1.29, 1.82) is 0 Å². The van der Waals surface area contributed by atoms with E-state index in [2.05, 4.69) is 33.8 Å². The van der Waals surface area contributed by atoms with Crippen molar-refractivity contribution in [2.75, 3.05) is 6.61 Å². The predicted molar refractivity (Wildman–Crippen MR) is 118 cm³/mol. The van der Waals surface area contributed by atoms with Crippen molar-refractivity contribution in [2.24, 2.45) is 46.3 Å². The maximum absolute atomic E-state index is 13.9. The minimum atomic E-state index is -0.469. The largest absolute Gasteiger partial charge is 0.393 e. The van der Waals surface area contributed by atoms with Crippen LogP contribution in [0.4, 0.5) is 0 Å². The molecule has 0 bridgehead atoms. The lowest BCUT2D eigenvalue weighted by atomic mass is 9.48. The van der Waals surface area contributed by atoms with Gasteiger partial charge in [0, 0.05) is 23.7 Å². The summed E-state index contributed by atoms with van der Waals surface area (Å²) in [7, 11) is 0. The summed E-state index contributed by atoms with van der Waals surface area (Å²) in [6.45, 7) is 9.97. The fraction of sp³-hybridized carbons (Fsp3) is 0.889. The SMILES string of the molecule is C[C@@H]1CC[C@@]2(OC1)O[C@H]1CC3[C@@H]4CC[C@H]5C[C@@H](O)CC[C@]5(C)C4=CC(=O)[C@]3(C)C1[C@@H]2C. The third-order valence-electron chi connectivity index (χ3n) is 11.2. The Labute approximate surface area is 187 Å². The van der Waals surface area contributed by atoms with E-state index >= 15 is 0 Å². The summed E-state index contributed by atoms with van der Waals surface area (Å²) in [5.74, 6) is 2.41. The fourth-order valence-corrected chi connectivity index (χ4v) is 9.28. The molecule has 172 valence electrons. The molecule has 5 fully saturated rings. The highest BCUT2D eigenvalue weighted by atomic mass is 16.7. The van der Waals surface area contributed by atoms with Gasteiger partial charge < -0.3 is 14.6 Å². The second kappa shape index (κ2) is 6.67. The summed E-state index contributed by atoms with van der Waals surface area (Å²) in [5.41, 5.74) is 1.19. The summed E-state index contributed by atoms with van der Waals surface area (Å²) < 4.78 is 13.2. The first-order chi connectivity index (χ1) is 14.7. The molecule has 4 nitrogen and oxygen atoms in total. The van der Waals surface area contributed by atoms with Crippen molar-refractivity contribution in [3.8, 4) is 0 Å². The minimum Gasteiger partial charge on any atom is -0.393 e. The number of ether oxygens (including phenoxy) is 2. The van der Waals surface area contributed by atoms with Crippen molar-refractivity contribution >= 4 is 5.78 Å². The van der Waals surface area contributed by atoms with E-state index in [4.69, 9.17) is 9.47 Å². The monoisotopic (exact) mass is 428 g/mol. The van der Waals surface area contributed by atoms with Crippen LogP contribution in [0.1, 0.15) is 79.1 Å². The Morgan fingerprint density at radius 3 is 2.61 bits per heavy atom. The number of hydrogen-bond donors (Lipinski definition) is 1. The van der Waals surface area contributed by atoms with E-state index < -0.39 is 5.79 Å². The van der Waals surface area contributed by atoms with Crippen LogP contribution in [0, 0.1) is 46.3 Å². The molecule has 2 unspecified atom stereocenters. The second-order valence-corrected chi connectivity index (χ2v) is 12.6. The molecule has 0 radical (unpaired) electrons. The van der Waals surface area contributed by atoms with Gasteiger partial charge >= 0.3 is 0 Å². The van der Waals surface area contributed by atoms with Crippen LogP contribution >= 0.6 is 0 Å². The zero-order valence-electron chi connectivity index (χ0n) is 19.7. The predicted octanol–water partition coefficient (Wildman–Crippen LogP) is 4.89. The van der Waals surface area contributed by atoms with Gasteiger partial charge in [0.2, 0.25) is 0 Å². The highest BCUT2D eigenvalue weighted by Crippen LogP contribution is 2.69. The molecule has 3 saturated carbocycles. The number of carbonyl (C=O) groups is 1. The van der Waals surface area contributed by atoms with Gasteiger partial charge in [-0.2, -0.15) is 0 Å². The highest BCUT2D eigenvalue weighted by Gasteiger charge is 2.70. The van der Waals surface area contributed by atoms with Gasteiger partial charge in [0.1, 0.15) is 0 Å².